The molecular weight excluding hydrogens is 295 g/mol. The molecule has 1 nitrogen and oxygen atoms in total. The van der Waals surface area contributed by atoms with E-state index in [4.69, 9.17) is 4.43 Å². The third-order valence-corrected chi connectivity index (χ3v) is 5.77. The molecule has 0 saturated carbocycles. The lowest BCUT2D eigenvalue weighted by molar-refractivity contribution is 0.251. The topological polar surface area (TPSA) is 9.23 Å². The summed E-state index contributed by atoms with van der Waals surface area (Å²) in [6.45, 7) is 6.83. The van der Waals surface area contributed by atoms with E-state index < -0.39 is 42.6 Å². The molecule has 0 fully saturated rings. The van der Waals surface area contributed by atoms with Crippen LogP contribution in [-0.2, 0) is 4.43 Å². The van der Waals surface area contributed by atoms with Crippen LogP contribution in [0.1, 0.15) is 20.3 Å². The Morgan fingerprint density at radius 2 is 1.30 bits per heavy atom. The Balaban J connectivity index is 3.24. The second-order valence-corrected chi connectivity index (χ2v) is 9.09. The van der Waals surface area contributed by atoms with Gasteiger partial charge in [0.05, 0.1) is 0 Å². The summed E-state index contributed by atoms with van der Waals surface area (Å²) < 4.78 is 72.4. The van der Waals surface area contributed by atoms with Crippen molar-refractivity contribution in [1.29, 1.82) is 0 Å². The van der Waals surface area contributed by atoms with Crippen LogP contribution in [0.5, 0.6) is 0 Å². The normalized spacial score (nSPS) is 13.7. The summed E-state index contributed by atoms with van der Waals surface area (Å²) in [5, 5.41) is -0.808. The molecule has 0 N–H and O–H groups in total. The fourth-order valence-corrected chi connectivity index (χ4v) is 3.80. The molecule has 114 valence electrons. The van der Waals surface area contributed by atoms with E-state index in [1.54, 1.807) is 0 Å². The molecule has 0 aliphatic rings. The van der Waals surface area contributed by atoms with Gasteiger partial charge in [0.25, 0.3) is 0 Å². The first-order valence-electron chi connectivity index (χ1n) is 6.29. The average molecular weight is 312 g/mol. The number of halogens is 5. The minimum atomic E-state index is -3.23. The van der Waals surface area contributed by atoms with Crippen molar-refractivity contribution in [3.05, 3.63) is 29.1 Å². The molecule has 0 bridgehead atoms. The Hall–Kier alpha value is -0.953. The monoisotopic (exact) mass is 312 g/mol. The van der Waals surface area contributed by atoms with Crippen LogP contribution in [0.15, 0.2) is 0 Å². The van der Waals surface area contributed by atoms with Crippen molar-refractivity contribution >= 4 is 13.5 Å². The van der Waals surface area contributed by atoms with Gasteiger partial charge in [0.1, 0.15) is 0 Å². The summed E-state index contributed by atoms with van der Waals surface area (Å²) in [6, 6.07) is 0. The van der Waals surface area contributed by atoms with Crippen LogP contribution in [0, 0.1) is 35.0 Å². The lowest BCUT2D eigenvalue weighted by atomic mass is 10.1. The maximum atomic E-state index is 13.7. The number of benzene rings is 1. The van der Waals surface area contributed by atoms with E-state index >= 15 is 0 Å². The Labute approximate surface area is 115 Å². The van der Waals surface area contributed by atoms with Crippen molar-refractivity contribution in [2.24, 2.45) is 5.92 Å². The van der Waals surface area contributed by atoms with E-state index in [0.29, 0.717) is 0 Å². The van der Waals surface area contributed by atoms with Crippen LogP contribution >= 0.6 is 0 Å². The number of hydrogen-bond donors (Lipinski definition) is 0. The quantitative estimate of drug-likeness (QED) is 0.347. The van der Waals surface area contributed by atoms with Gasteiger partial charge in [-0.25, -0.2) is 22.0 Å². The molecule has 0 aliphatic heterocycles. The molecule has 0 saturated heterocycles. The Morgan fingerprint density at radius 3 is 1.70 bits per heavy atom. The smallest absolute Gasteiger partial charge is 0.224 e. The van der Waals surface area contributed by atoms with Crippen molar-refractivity contribution in [3.63, 3.8) is 0 Å². The van der Waals surface area contributed by atoms with Gasteiger partial charge in [-0.15, -0.1) is 0 Å². The third kappa shape index (κ3) is 3.20. The first-order chi connectivity index (χ1) is 9.13. The molecule has 20 heavy (non-hydrogen) atoms. The SMILES string of the molecule is CCC(C)CO[Si](C)(C)c1c(F)c(F)c(F)c(F)c1F. The van der Waals surface area contributed by atoms with Crippen molar-refractivity contribution in [2.45, 2.75) is 33.4 Å². The van der Waals surface area contributed by atoms with Gasteiger partial charge in [0.15, 0.2) is 23.3 Å². The van der Waals surface area contributed by atoms with Crippen LogP contribution in [0.2, 0.25) is 13.1 Å². The molecule has 0 amide bonds. The summed E-state index contributed by atoms with van der Waals surface area (Å²) in [5.41, 5.74) is 0. The number of hydrogen-bond acceptors (Lipinski definition) is 1. The Kier molecular flexibility index (Phi) is 5.31. The van der Waals surface area contributed by atoms with Crippen molar-refractivity contribution < 1.29 is 26.4 Å². The molecule has 1 atom stereocenters. The summed E-state index contributed by atoms with van der Waals surface area (Å²) in [7, 11) is -3.23. The standard InChI is InChI=1S/C13H17F5OSi/c1-5-7(2)6-19-20(3,4)13-11(17)9(15)8(14)10(16)12(13)18/h7H,5-6H2,1-4H3. The molecule has 0 spiro atoms. The van der Waals surface area contributed by atoms with Crippen molar-refractivity contribution in [3.8, 4) is 0 Å². The lowest BCUT2D eigenvalue weighted by Crippen LogP contribution is -2.50. The van der Waals surface area contributed by atoms with Crippen LogP contribution in [-0.4, -0.2) is 14.9 Å². The van der Waals surface area contributed by atoms with Gasteiger partial charge >= 0.3 is 0 Å². The van der Waals surface area contributed by atoms with Gasteiger partial charge in [0, 0.05) is 11.8 Å². The van der Waals surface area contributed by atoms with E-state index in [9.17, 15) is 22.0 Å². The van der Waals surface area contributed by atoms with Gasteiger partial charge in [0.2, 0.25) is 14.1 Å². The van der Waals surface area contributed by atoms with Crippen molar-refractivity contribution in [1.82, 2.24) is 0 Å². The molecule has 0 aromatic heterocycles. The minimum absolute atomic E-state index is 0.142. The summed E-state index contributed by atoms with van der Waals surface area (Å²) in [4.78, 5) is 0. The van der Waals surface area contributed by atoms with Crippen LogP contribution in [0.4, 0.5) is 22.0 Å². The molecule has 0 heterocycles. The maximum Gasteiger partial charge on any atom is 0.224 e. The van der Waals surface area contributed by atoms with Gasteiger partial charge in [-0.3, -0.25) is 0 Å². The zero-order valence-electron chi connectivity index (χ0n) is 11.8. The highest BCUT2D eigenvalue weighted by molar-refractivity contribution is 6.84. The summed E-state index contributed by atoms with van der Waals surface area (Å²) in [5.74, 6) is -9.43. The highest BCUT2D eigenvalue weighted by atomic mass is 28.4. The molecule has 1 aromatic carbocycles. The largest absolute Gasteiger partial charge is 0.412 e. The van der Waals surface area contributed by atoms with Gasteiger partial charge in [-0.2, -0.15) is 0 Å². The number of rotatable bonds is 5. The van der Waals surface area contributed by atoms with E-state index in [2.05, 4.69) is 0 Å². The second-order valence-electron chi connectivity index (χ2n) is 5.28. The lowest BCUT2D eigenvalue weighted by Gasteiger charge is -2.26. The average Bonchev–Trinajstić information content (AvgIpc) is 2.40. The van der Waals surface area contributed by atoms with E-state index in [-0.39, 0.29) is 12.5 Å². The van der Waals surface area contributed by atoms with Gasteiger partial charge < -0.3 is 4.43 Å². The molecule has 1 aromatic rings. The van der Waals surface area contributed by atoms with Crippen LogP contribution < -0.4 is 5.19 Å². The highest BCUT2D eigenvalue weighted by Crippen LogP contribution is 2.21. The van der Waals surface area contributed by atoms with Gasteiger partial charge in [-0.05, 0) is 19.0 Å². The molecular formula is C13H17F5OSi. The zero-order valence-corrected chi connectivity index (χ0v) is 12.8. The summed E-state index contributed by atoms with van der Waals surface area (Å²) >= 11 is 0. The second kappa shape index (κ2) is 6.22. The first-order valence-corrected chi connectivity index (χ1v) is 9.20. The molecule has 1 unspecified atom stereocenters. The first kappa shape index (κ1) is 17.1. The summed E-state index contributed by atoms with van der Waals surface area (Å²) in [6.07, 6.45) is 0.793. The molecule has 0 aliphatic carbocycles. The maximum absolute atomic E-state index is 13.7. The molecule has 0 radical (unpaired) electrons. The fraction of sp³-hybridized carbons (Fsp3) is 0.538. The Bertz CT molecular complexity index is 475. The molecule has 7 heteroatoms. The van der Waals surface area contributed by atoms with Crippen LogP contribution in [0.25, 0.3) is 0 Å². The highest BCUT2D eigenvalue weighted by Gasteiger charge is 2.38. The predicted molar refractivity (Wildman–Crippen MR) is 68.8 cm³/mol. The predicted octanol–water partition coefficient (Wildman–Crippen LogP) is 3.86. The van der Waals surface area contributed by atoms with Gasteiger partial charge in [-0.1, -0.05) is 20.3 Å². The van der Waals surface area contributed by atoms with Crippen molar-refractivity contribution in [2.75, 3.05) is 6.61 Å². The fourth-order valence-electron chi connectivity index (χ4n) is 1.67. The van der Waals surface area contributed by atoms with E-state index in [0.717, 1.165) is 6.42 Å². The van der Waals surface area contributed by atoms with Crippen LogP contribution in [0.3, 0.4) is 0 Å². The third-order valence-electron chi connectivity index (χ3n) is 3.24. The van der Waals surface area contributed by atoms with E-state index in [1.807, 2.05) is 13.8 Å². The van der Waals surface area contributed by atoms with E-state index in [1.165, 1.54) is 13.1 Å². The zero-order chi connectivity index (χ0) is 15.7. The minimum Gasteiger partial charge on any atom is -0.412 e. The molecule has 1 rings (SSSR count). The Morgan fingerprint density at radius 1 is 0.900 bits per heavy atom.